The summed E-state index contributed by atoms with van der Waals surface area (Å²) in [6.07, 6.45) is 4.15. The average Bonchev–Trinajstić information content (AvgIpc) is 2.64. The van der Waals surface area contributed by atoms with E-state index in [9.17, 15) is 14.0 Å². The van der Waals surface area contributed by atoms with Crippen LogP contribution in [0.2, 0.25) is 0 Å². The molecule has 2 saturated heterocycles. The van der Waals surface area contributed by atoms with Gasteiger partial charge in [0.2, 0.25) is 11.8 Å². The first-order chi connectivity index (χ1) is 12.5. The molecule has 2 fully saturated rings. The summed E-state index contributed by atoms with van der Waals surface area (Å²) in [7, 11) is 0. The highest BCUT2D eigenvalue weighted by molar-refractivity contribution is 5.78. The third-order valence-electron chi connectivity index (χ3n) is 5.81. The van der Waals surface area contributed by atoms with E-state index in [0.29, 0.717) is 45.4 Å². The first kappa shape index (κ1) is 18.8. The van der Waals surface area contributed by atoms with Crippen LogP contribution in [-0.2, 0) is 16.0 Å². The number of nitrogens with zero attached hydrogens (tertiary/aromatic N) is 2. The summed E-state index contributed by atoms with van der Waals surface area (Å²) in [4.78, 5) is 28.1. The second kappa shape index (κ2) is 8.16. The summed E-state index contributed by atoms with van der Waals surface area (Å²) in [5, 5.41) is 9.14. The molecule has 0 aromatic heterocycles. The highest BCUT2D eigenvalue weighted by Gasteiger charge is 2.41. The summed E-state index contributed by atoms with van der Waals surface area (Å²) in [6, 6.07) is 6.40. The quantitative estimate of drug-likeness (QED) is 0.871. The molecule has 2 aliphatic rings. The maximum absolute atomic E-state index is 13.2. The largest absolute Gasteiger partial charge is 0.395 e. The highest BCUT2D eigenvalue weighted by atomic mass is 19.1. The van der Waals surface area contributed by atoms with Crippen LogP contribution in [0.25, 0.3) is 0 Å². The summed E-state index contributed by atoms with van der Waals surface area (Å²) >= 11 is 0. The fourth-order valence-electron chi connectivity index (χ4n) is 4.17. The van der Waals surface area contributed by atoms with Crippen molar-refractivity contribution in [1.29, 1.82) is 0 Å². The molecular weight excluding hydrogens is 335 g/mol. The fourth-order valence-corrected chi connectivity index (χ4v) is 4.17. The molecular formula is C20H27FN2O3. The SMILES string of the molecule is O=C(CCc1cccc(F)c1)N1CCC2(CCC(=O)N(CCO)C2)CC1. The van der Waals surface area contributed by atoms with Crippen molar-refractivity contribution in [2.45, 2.75) is 38.5 Å². The van der Waals surface area contributed by atoms with Gasteiger partial charge in [-0.3, -0.25) is 9.59 Å². The zero-order valence-electron chi connectivity index (χ0n) is 15.1. The summed E-state index contributed by atoms with van der Waals surface area (Å²) in [5.41, 5.74) is 0.930. The molecule has 6 heteroatoms. The molecule has 26 heavy (non-hydrogen) atoms. The number of halogens is 1. The number of aliphatic hydroxyl groups excluding tert-OH is 1. The van der Waals surface area contributed by atoms with Crippen molar-refractivity contribution in [3.63, 3.8) is 0 Å². The Labute approximate surface area is 153 Å². The molecule has 2 heterocycles. The van der Waals surface area contributed by atoms with Gasteiger partial charge in [0, 0.05) is 39.0 Å². The number of carbonyl (C=O) groups excluding carboxylic acids is 2. The lowest BCUT2D eigenvalue weighted by atomic mass is 9.72. The smallest absolute Gasteiger partial charge is 0.222 e. The zero-order chi connectivity index (χ0) is 18.6. The van der Waals surface area contributed by atoms with Crippen LogP contribution in [0, 0.1) is 11.2 Å². The normalized spacial score (nSPS) is 19.8. The highest BCUT2D eigenvalue weighted by Crippen LogP contribution is 2.40. The number of rotatable bonds is 5. The number of aryl methyl sites for hydroxylation is 1. The third-order valence-corrected chi connectivity index (χ3v) is 5.81. The van der Waals surface area contributed by atoms with Crippen molar-refractivity contribution in [1.82, 2.24) is 9.80 Å². The molecule has 1 N–H and O–H groups in total. The van der Waals surface area contributed by atoms with E-state index in [0.717, 1.165) is 24.8 Å². The van der Waals surface area contributed by atoms with Gasteiger partial charge in [-0.05, 0) is 48.8 Å². The molecule has 0 saturated carbocycles. The maximum Gasteiger partial charge on any atom is 0.222 e. The van der Waals surface area contributed by atoms with E-state index in [1.54, 1.807) is 11.0 Å². The number of benzene rings is 1. The molecule has 1 aromatic carbocycles. The van der Waals surface area contributed by atoms with Crippen LogP contribution in [0.5, 0.6) is 0 Å². The summed E-state index contributed by atoms with van der Waals surface area (Å²) < 4.78 is 13.2. The van der Waals surface area contributed by atoms with Crippen molar-refractivity contribution in [2.75, 3.05) is 32.8 Å². The molecule has 1 aromatic rings. The van der Waals surface area contributed by atoms with E-state index in [1.165, 1.54) is 12.1 Å². The number of amides is 2. The Balaban J connectivity index is 1.50. The molecule has 5 nitrogen and oxygen atoms in total. The average molecular weight is 362 g/mol. The Morgan fingerprint density at radius 3 is 2.69 bits per heavy atom. The predicted octanol–water partition coefficient (Wildman–Crippen LogP) is 1.98. The number of β-amino-alcohol motifs (C(OH)–C–C–N with tert-alkyl or cyclic N) is 1. The standard InChI is InChI=1S/C20H27FN2O3/c21-17-3-1-2-16(14-17)4-5-18(25)22-10-8-20(9-11-22)7-6-19(26)23(15-20)12-13-24/h1-3,14,24H,4-13,15H2. The van der Waals surface area contributed by atoms with Gasteiger partial charge in [-0.2, -0.15) is 0 Å². The van der Waals surface area contributed by atoms with Gasteiger partial charge in [0.1, 0.15) is 5.82 Å². The zero-order valence-corrected chi connectivity index (χ0v) is 15.1. The van der Waals surface area contributed by atoms with Gasteiger partial charge in [0.15, 0.2) is 0 Å². The second-order valence-electron chi connectivity index (χ2n) is 7.55. The van der Waals surface area contributed by atoms with Crippen molar-refractivity contribution in [2.24, 2.45) is 5.41 Å². The van der Waals surface area contributed by atoms with Crippen LogP contribution in [-0.4, -0.2) is 59.5 Å². The molecule has 0 radical (unpaired) electrons. The van der Waals surface area contributed by atoms with Crippen LogP contribution in [0.1, 0.15) is 37.7 Å². The Bertz CT molecular complexity index is 656. The van der Waals surface area contributed by atoms with E-state index in [-0.39, 0.29) is 29.7 Å². The lowest BCUT2D eigenvalue weighted by Crippen LogP contribution is -2.52. The predicted molar refractivity (Wildman–Crippen MR) is 95.9 cm³/mol. The summed E-state index contributed by atoms with van der Waals surface area (Å²) in [5.74, 6) is -0.0318. The van der Waals surface area contributed by atoms with Gasteiger partial charge < -0.3 is 14.9 Å². The lowest BCUT2D eigenvalue weighted by Gasteiger charge is -2.47. The van der Waals surface area contributed by atoms with E-state index >= 15 is 0 Å². The van der Waals surface area contributed by atoms with Gasteiger partial charge >= 0.3 is 0 Å². The third kappa shape index (κ3) is 4.41. The minimum absolute atomic E-state index is 0.00743. The molecule has 2 amide bonds. The number of aliphatic hydroxyl groups is 1. The Kier molecular flexibility index (Phi) is 5.91. The van der Waals surface area contributed by atoms with Crippen LogP contribution in [0.4, 0.5) is 4.39 Å². The van der Waals surface area contributed by atoms with Gasteiger partial charge in [-0.25, -0.2) is 4.39 Å². The minimum Gasteiger partial charge on any atom is -0.395 e. The molecule has 0 unspecified atom stereocenters. The number of carbonyl (C=O) groups is 2. The van der Waals surface area contributed by atoms with Gasteiger partial charge in [-0.1, -0.05) is 12.1 Å². The minimum atomic E-state index is -0.269. The van der Waals surface area contributed by atoms with Gasteiger partial charge in [-0.15, -0.1) is 0 Å². The molecule has 2 aliphatic heterocycles. The number of likely N-dealkylation sites (tertiary alicyclic amines) is 2. The van der Waals surface area contributed by atoms with Crippen molar-refractivity contribution >= 4 is 11.8 Å². The topological polar surface area (TPSA) is 60.9 Å². The van der Waals surface area contributed by atoms with E-state index < -0.39 is 0 Å². The second-order valence-corrected chi connectivity index (χ2v) is 7.55. The van der Waals surface area contributed by atoms with E-state index in [4.69, 9.17) is 5.11 Å². The molecule has 1 spiro atoms. The molecule has 0 aliphatic carbocycles. The van der Waals surface area contributed by atoms with Crippen LogP contribution >= 0.6 is 0 Å². The van der Waals surface area contributed by atoms with Crippen LogP contribution in [0.3, 0.4) is 0 Å². The van der Waals surface area contributed by atoms with E-state index in [1.807, 2.05) is 11.0 Å². The Morgan fingerprint density at radius 1 is 1.23 bits per heavy atom. The Morgan fingerprint density at radius 2 is 2.00 bits per heavy atom. The Hall–Kier alpha value is -1.95. The molecule has 0 atom stereocenters. The first-order valence-corrected chi connectivity index (χ1v) is 9.42. The monoisotopic (exact) mass is 362 g/mol. The first-order valence-electron chi connectivity index (χ1n) is 9.42. The van der Waals surface area contributed by atoms with E-state index in [2.05, 4.69) is 0 Å². The number of piperidine rings is 2. The van der Waals surface area contributed by atoms with Crippen LogP contribution in [0.15, 0.2) is 24.3 Å². The van der Waals surface area contributed by atoms with Gasteiger partial charge in [0.25, 0.3) is 0 Å². The van der Waals surface area contributed by atoms with Crippen molar-refractivity contribution in [3.8, 4) is 0 Å². The fraction of sp³-hybridized carbons (Fsp3) is 0.600. The van der Waals surface area contributed by atoms with Crippen molar-refractivity contribution in [3.05, 3.63) is 35.6 Å². The molecule has 0 bridgehead atoms. The van der Waals surface area contributed by atoms with Crippen LogP contribution < -0.4 is 0 Å². The van der Waals surface area contributed by atoms with Gasteiger partial charge in [0.05, 0.1) is 6.61 Å². The summed E-state index contributed by atoms with van der Waals surface area (Å²) in [6.45, 7) is 2.51. The molecule has 142 valence electrons. The van der Waals surface area contributed by atoms with Crippen molar-refractivity contribution < 1.29 is 19.1 Å². The number of hydrogen-bond acceptors (Lipinski definition) is 3. The number of hydrogen-bond donors (Lipinski definition) is 1. The lowest BCUT2D eigenvalue weighted by molar-refractivity contribution is -0.143. The molecule has 3 rings (SSSR count). The maximum atomic E-state index is 13.2.